The van der Waals surface area contributed by atoms with Gasteiger partial charge in [0.15, 0.2) is 0 Å². The topological polar surface area (TPSA) is 63.0 Å². The average Bonchev–Trinajstić information content (AvgIpc) is 3.37. The van der Waals surface area contributed by atoms with Gasteiger partial charge in [0.1, 0.15) is 18.1 Å². The highest BCUT2D eigenvalue weighted by Gasteiger charge is 2.23. The number of nitrogens with zero attached hydrogens (tertiary/aromatic N) is 2. The van der Waals surface area contributed by atoms with Crippen LogP contribution in [0.5, 0.6) is 0 Å². The summed E-state index contributed by atoms with van der Waals surface area (Å²) in [6, 6.07) is 21.6. The largest absolute Gasteiger partial charge is 0.464 e. The SMILES string of the molecule is CCCCCCc1ccc(C(=O)N(CCCOCC)CC(=O)N(Cc2ccccc2)Cc2ccc(C)o2)cc1. The summed E-state index contributed by atoms with van der Waals surface area (Å²) >= 11 is 0. The van der Waals surface area contributed by atoms with Crippen LogP contribution in [0.3, 0.4) is 0 Å². The third-order valence-corrected chi connectivity index (χ3v) is 6.77. The van der Waals surface area contributed by atoms with Crippen LogP contribution in [0.15, 0.2) is 71.1 Å². The number of furan rings is 1. The van der Waals surface area contributed by atoms with E-state index in [1.165, 1.54) is 24.8 Å². The third kappa shape index (κ3) is 10.4. The lowest BCUT2D eigenvalue weighted by molar-refractivity contribution is -0.133. The van der Waals surface area contributed by atoms with E-state index in [2.05, 4.69) is 6.92 Å². The van der Waals surface area contributed by atoms with Gasteiger partial charge in [0.25, 0.3) is 5.91 Å². The molecular weight excluding hydrogens is 488 g/mol. The van der Waals surface area contributed by atoms with Crippen molar-refractivity contribution in [2.24, 2.45) is 0 Å². The molecule has 0 saturated heterocycles. The highest BCUT2D eigenvalue weighted by molar-refractivity contribution is 5.96. The number of hydrogen-bond acceptors (Lipinski definition) is 4. The van der Waals surface area contributed by atoms with E-state index in [4.69, 9.17) is 9.15 Å². The number of ether oxygens (including phenoxy) is 1. The Bertz CT molecular complexity index is 1120. The molecule has 3 rings (SSSR count). The van der Waals surface area contributed by atoms with Crippen LogP contribution in [0.1, 0.15) is 79.0 Å². The molecule has 0 fully saturated rings. The summed E-state index contributed by atoms with van der Waals surface area (Å²) in [4.78, 5) is 30.7. The number of unbranched alkanes of at least 4 members (excludes halogenated alkanes) is 3. The first-order valence-electron chi connectivity index (χ1n) is 14.3. The van der Waals surface area contributed by atoms with Gasteiger partial charge in [-0.1, -0.05) is 68.7 Å². The van der Waals surface area contributed by atoms with Crippen molar-refractivity contribution in [2.45, 2.75) is 72.4 Å². The minimum Gasteiger partial charge on any atom is -0.464 e. The van der Waals surface area contributed by atoms with E-state index < -0.39 is 0 Å². The fourth-order valence-electron chi connectivity index (χ4n) is 4.56. The van der Waals surface area contributed by atoms with Crippen molar-refractivity contribution in [2.75, 3.05) is 26.3 Å². The first-order chi connectivity index (χ1) is 19.0. The monoisotopic (exact) mass is 532 g/mol. The lowest BCUT2D eigenvalue weighted by Gasteiger charge is -2.27. The van der Waals surface area contributed by atoms with Crippen molar-refractivity contribution in [3.8, 4) is 0 Å². The summed E-state index contributed by atoms with van der Waals surface area (Å²) in [5.74, 6) is 1.27. The van der Waals surface area contributed by atoms with E-state index in [9.17, 15) is 9.59 Å². The van der Waals surface area contributed by atoms with Crippen molar-refractivity contribution < 1.29 is 18.7 Å². The number of hydrogen-bond donors (Lipinski definition) is 0. The summed E-state index contributed by atoms with van der Waals surface area (Å²) < 4.78 is 11.3. The fraction of sp³-hybridized carbons (Fsp3) is 0.455. The molecule has 2 amide bonds. The Morgan fingerprint density at radius 2 is 1.56 bits per heavy atom. The van der Waals surface area contributed by atoms with Crippen LogP contribution < -0.4 is 0 Å². The van der Waals surface area contributed by atoms with Crippen LogP contribution in [-0.4, -0.2) is 47.9 Å². The van der Waals surface area contributed by atoms with Crippen molar-refractivity contribution in [3.63, 3.8) is 0 Å². The van der Waals surface area contributed by atoms with Gasteiger partial charge in [-0.05, 0) is 68.5 Å². The maximum Gasteiger partial charge on any atom is 0.254 e. The summed E-state index contributed by atoms with van der Waals surface area (Å²) in [6.45, 7) is 8.45. The summed E-state index contributed by atoms with van der Waals surface area (Å²) in [5.41, 5.74) is 2.87. The molecule has 6 nitrogen and oxygen atoms in total. The molecule has 0 bridgehead atoms. The number of amides is 2. The van der Waals surface area contributed by atoms with Crippen molar-refractivity contribution >= 4 is 11.8 Å². The summed E-state index contributed by atoms with van der Waals surface area (Å²) in [5, 5.41) is 0. The Hall–Kier alpha value is -3.38. The van der Waals surface area contributed by atoms with Crippen LogP contribution in [-0.2, 0) is 29.0 Å². The molecule has 39 heavy (non-hydrogen) atoms. The third-order valence-electron chi connectivity index (χ3n) is 6.77. The molecule has 0 unspecified atom stereocenters. The number of carbonyl (C=O) groups is 2. The molecule has 1 aromatic heterocycles. The van der Waals surface area contributed by atoms with E-state index in [0.717, 1.165) is 29.9 Å². The minimum absolute atomic E-state index is 0.00372. The van der Waals surface area contributed by atoms with E-state index in [1.54, 1.807) is 9.80 Å². The molecule has 6 heteroatoms. The van der Waals surface area contributed by atoms with Gasteiger partial charge in [-0.2, -0.15) is 0 Å². The number of rotatable bonds is 17. The lowest BCUT2D eigenvalue weighted by atomic mass is 10.0. The first kappa shape index (κ1) is 30.2. The van der Waals surface area contributed by atoms with Gasteiger partial charge >= 0.3 is 0 Å². The maximum atomic E-state index is 13.7. The Morgan fingerprint density at radius 1 is 0.795 bits per heavy atom. The van der Waals surface area contributed by atoms with Crippen LogP contribution >= 0.6 is 0 Å². The maximum absolute atomic E-state index is 13.7. The van der Waals surface area contributed by atoms with Crippen molar-refractivity contribution in [1.29, 1.82) is 0 Å². The zero-order valence-corrected chi connectivity index (χ0v) is 23.9. The molecule has 0 aliphatic heterocycles. The van der Waals surface area contributed by atoms with Crippen LogP contribution in [0.2, 0.25) is 0 Å². The Labute approximate surface area is 234 Å². The number of aryl methyl sites for hydroxylation is 2. The Kier molecular flexibility index (Phi) is 12.8. The molecule has 0 atom stereocenters. The Balaban J connectivity index is 1.73. The molecule has 0 aliphatic carbocycles. The zero-order valence-electron chi connectivity index (χ0n) is 23.9. The van der Waals surface area contributed by atoms with E-state index in [-0.39, 0.29) is 18.4 Å². The molecular formula is C33H44N2O4. The predicted octanol–water partition coefficient (Wildman–Crippen LogP) is 6.81. The van der Waals surface area contributed by atoms with Crippen LogP contribution in [0, 0.1) is 6.92 Å². The summed E-state index contributed by atoms with van der Waals surface area (Å²) in [7, 11) is 0. The van der Waals surface area contributed by atoms with Gasteiger partial charge in [-0.15, -0.1) is 0 Å². The number of carbonyl (C=O) groups excluding carboxylic acids is 2. The molecule has 210 valence electrons. The molecule has 2 aromatic carbocycles. The average molecular weight is 533 g/mol. The first-order valence-corrected chi connectivity index (χ1v) is 14.3. The highest BCUT2D eigenvalue weighted by Crippen LogP contribution is 2.16. The molecule has 0 radical (unpaired) electrons. The molecule has 0 N–H and O–H groups in total. The second-order valence-corrected chi connectivity index (χ2v) is 10.0. The van der Waals surface area contributed by atoms with Crippen LogP contribution in [0.25, 0.3) is 0 Å². The molecule has 3 aromatic rings. The van der Waals surface area contributed by atoms with Crippen LogP contribution in [0.4, 0.5) is 0 Å². The molecule has 0 aliphatic rings. The van der Waals surface area contributed by atoms with E-state index >= 15 is 0 Å². The lowest BCUT2D eigenvalue weighted by Crippen LogP contribution is -2.43. The van der Waals surface area contributed by atoms with E-state index in [0.29, 0.717) is 44.8 Å². The van der Waals surface area contributed by atoms with Gasteiger partial charge in [0.05, 0.1) is 6.54 Å². The second-order valence-electron chi connectivity index (χ2n) is 10.0. The summed E-state index contributed by atoms with van der Waals surface area (Å²) in [6.07, 6.45) is 6.54. The van der Waals surface area contributed by atoms with E-state index in [1.807, 2.05) is 80.6 Å². The van der Waals surface area contributed by atoms with Crippen molar-refractivity contribution in [3.05, 3.63) is 94.9 Å². The van der Waals surface area contributed by atoms with Gasteiger partial charge < -0.3 is 19.0 Å². The van der Waals surface area contributed by atoms with Crippen molar-refractivity contribution in [1.82, 2.24) is 9.80 Å². The minimum atomic E-state index is -0.133. The highest BCUT2D eigenvalue weighted by atomic mass is 16.5. The second kappa shape index (κ2) is 16.6. The standard InChI is InChI=1S/C33H44N2O4/c1-4-6-7-9-13-28-17-19-30(20-18-28)33(37)34(22-12-23-38-5-2)26-32(36)35(24-29-14-10-8-11-15-29)25-31-21-16-27(3)39-31/h8,10-11,14-21H,4-7,9,12-13,22-26H2,1-3H3. The quantitative estimate of drug-likeness (QED) is 0.179. The normalized spacial score (nSPS) is 10.9. The molecule has 1 heterocycles. The van der Waals surface area contributed by atoms with Gasteiger partial charge in [0.2, 0.25) is 5.91 Å². The van der Waals surface area contributed by atoms with Gasteiger partial charge in [-0.3, -0.25) is 9.59 Å². The Morgan fingerprint density at radius 3 is 2.23 bits per heavy atom. The number of benzene rings is 2. The van der Waals surface area contributed by atoms with Gasteiger partial charge in [0, 0.05) is 31.9 Å². The van der Waals surface area contributed by atoms with Gasteiger partial charge in [-0.25, -0.2) is 0 Å². The fourth-order valence-corrected chi connectivity index (χ4v) is 4.56. The predicted molar refractivity (Wildman–Crippen MR) is 155 cm³/mol. The smallest absolute Gasteiger partial charge is 0.254 e. The zero-order chi connectivity index (χ0) is 27.9. The molecule has 0 spiro atoms. The molecule has 0 saturated carbocycles.